The molecule has 0 radical (unpaired) electrons. The number of hydrogen-bond donors (Lipinski definition) is 2. The predicted molar refractivity (Wildman–Crippen MR) is 171 cm³/mol. The third-order valence-corrected chi connectivity index (χ3v) is 13.3. The second-order valence-electron chi connectivity index (χ2n) is 14.5. The van der Waals surface area contributed by atoms with E-state index in [1.807, 2.05) is 0 Å². The quantitative estimate of drug-likeness (QED) is 0.323. The van der Waals surface area contributed by atoms with Crippen molar-refractivity contribution in [2.75, 3.05) is 0 Å². The average Bonchev–Trinajstić information content (AvgIpc) is 2.89. The van der Waals surface area contributed by atoms with E-state index in [1.165, 1.54) is 103 Å². The van der Waals surface area contributed by atoms with Crippen LogP contribution in [0.5, 0.6) is 0 Å². The van der Waals surface area contributed by atoms with E-state index in [9.17, 15) is 13.2 Å². The van der Waals surface area contributed by atoms with Crippen molar-refractivity contribution in [2.24, 2.45) is 17.8 Å². The predicted octanol–water partition coefficient (Wildman–Crippen LogP) is 8.95. The summed E-state index contributed by atoms with van der Waals surface area (Å²) < 4.78 is 29.7. The molecule has 4 rings (SSSR count). The molecule has 2 unspecified atom stereocenters. The molecule has 0 bridgehead atoms. The molecule has 4 fully saturated rings. The van der Waals surface area contributed by atoms with Crippen LogP contribution in [-0.2, 0) is 14.8 Å². The van der Waals surface area contributed by atoms with Gasteiger partial charge in [-0.2, -0.15) is 0 Å². The van der Waals surface area contributed by atoms with Gasteiger partial charge in [0.15, 0.2) is 0 Å². The topological polar surface area (TPSA) is 75.3 Å². The van der Waals surface area contributed by atoms with Crippen molar-refractivity contribution in [3.05, 3.63) is 0 Å². The highest BCUT2D eigenvalue weighted by molar-refractivity contribution is 7.90. The molecule has 2 N–H and O–H groups in total. The molecule has 2 atom stereocenters. The van der Waals surface area contributed by atoms with Gasteiger partial charge >= 0.3 is 0 Å². The first-order valence-corrected chi connectivity index (χ1v) is 19.9. The van der Waals surface area contributed by atoms with Crippen LogP contribution in [0.4, 0.5) is 0 Å². The van der Waals surface area contributed by atoms with Gasteiger partial charge in [-0.25, -0.2) is 13.1 Å². The molecule has 4 aliphatic rings. The van der Waals surface area contributed by atoms with Crippen LogP contribution in [0.3, 0.4) is 0 Å². The summed E-state index contributed by atoms with van der Waals surface area (Å²) in [5, 5.41) is 3.19. The Kier molecular flexibility index (Phi) is 14.8. The molecule has 41 heavy (non-hydrogen) atoms. The highest BCUT2D eigenvalue weighted by atomic mass is 32.2. The Bertz CT molecular complexity index is 820. The van der Waals surface area contributed by atoms with E-state index in [4.69, 9.17) is 0 Å². The van der Waals surface area contributed by atoms with E-state index >= 15 is 0 Å². The molecular weight excluding hydrogens is 528 g/mol. The summed E-state index contributed by atoms with van der Waals surface area (Å²) >= 11 is 0. The first-order chi connectivity index (χ1) is 20.0. The molecule has 4 aliphatic carbocycles. The van der Waals surface area contributed by atoms with Crippen molar-refractivity contribution < 1.29 is 13.2 Å². The maximum absolute atomic E-state index is 13.5. The highest BCUT2D eigenvalue weighted by Gasteiger charge is 2.31. The van der Waals surface area contributed by atoms with Crippen molar-refractivity contribution in [2.45, 2.75) is 197 Å². The lowest BCUT2D eigenvalue weighted by Crippen LogP contribution is -2.43. The van der Waals surface area contributed by atoms with Crippen molar-refractivity contribution in [3.8, 4) is 0 Å². The van der Waals surface area contributed by atoms with Gasteiger partial charge in [-0.1, -0.05) is 128 Å². The van der Waals surface area contributed by atoms with Gasteiger partial charge in [0.25, 0.3) is 0 Å². The molecule has 0 spiro atoms. The molecule has 0 saturated heterocycles. The Hall–Kier alpha value is -0.620. The summed E-state index contributed by atoms with van der Waals surface area (Å²) in [4.78, 5) is 13.5. The van der Waals surface area contributed by atoms with Gasteiger partial charge in [-0.3, -0.25) is 4.79 Å². The van der Waals surface area contributed by atoms with Crippen LogP contribution in [0, 0.1) is 17.8 Å². The fraction of sp³-hybridized carbons (Fsp3) is 0.971. The zero-order valence-electron chi connectivity index (χ0n) is 26.4. The molecule has 0 aromatic rings. The van der Waals surface area contributed by atoms with Crippen LogP contribution in [0.25, 0.3) is 0 Å². The van der Waals surface area contributed by atoms with Crippen molar-refractivity contribution in [3.63, 3.8) is 0 Å². The van der Waals surface area contributed by atoms with Crippen LogP contribution < -0.4 is 10.0 Å². The van der Waals surface area contributed by atoms with Crippen LogP contribution in [0.15, 0.2) is 0 Å². The first-order valence-electron chi connectivity index (χ1n) is 18.3. The van der Waals surface area contributed by atoms with Gasteiger partial charge < -0.3 is 5.32 Å². The van der Waals surface area contributed by atoms with Crippen LogP contribution in [0.1, 0.15) is 180 Å². The zero-order valence-corrected chi connectivity index (χ0v) is 27.2. The summed E-state index contributed by atoms with van der Waals surface area (Å²) in [6, 6.07) is 0.338. The second-order valence-corrected chi connectivity index (χ2v) is 16.5. The third-order valence-electron chi connectivity index (χ3n) is 11.3. The van der Waals surface area contributed by atoms with E-state index < -0.39 is 10.0 Å². The smallest absolute Gasteiger partial charge is 0.223 e. The minimum atomic E-state index is -3.28. The number of carbonyl (C=O) groups excluding carboxylic acids is 1. The van der Waals surface area contributed by atoms with Gasteiger partial charge in [0, 0.05) is 18.0 Å². The standard InChI is InChI=1S/C35H64N2O3S/c38-35(31-20-11-7-10-19-30(21-14-22-31)29-17-8-3-1-4-9-18-29)36-32-25-15-27-34(28-16-26-32)41(39,40)37-33-23-12-5-2-6-13-24-33/h29-34,37H,1-28H2,(H,36,38). The summed E-state index contributed by atoms with van der Waals surface area (Å²) in [6.45, 7) is 0. The summed E-state index contributed by atoms with van der Waals surface area (Å²) in [5.41, 5.74) is 0. The minimum Gasteiger partial charge on any atom is -0.353 e. The number of rotatable bonds is 6. The SMILES string of the molecule is O=C(NC1CCCC(S(=O)(=O)NC2CCCCCCC2)CCC1)C1CCCCCC(C2CCCCCCC2)CCC1. The lowest BCUT2D eigenvalue weighted by atomic mass is 9.76. The normalized spacial score (nSPS) is 31.8. The molecule has 6 heteroatoms. The van der Waals surface area contributed by atoms with Gasteiger partial charge in [-0.05, 0) is 63.2 Å². The molecular formula is C35H64N2O3S. The van der Waals surface area contributed by atoms with E-state index in [0.29, 0.717) is 0 Å². The molecule has 0 aliphatic heterocycles. The van der Waals surface area contributed by atoms with E-state index in [1.54, 1.807) is 0 Å². The van der Waals surface area contributed by atoms with Gasteiger partial charge in [0.05, 0.1) is 5.25 Å². The fourth-order valence-electron chi connectivity index (χ4n) is 8.73. The van der Waals surface area contributed by atoms with Crippen molar-refractivity contribution >= 4 is 15.9 Å². The van der Waals surface area contributed by atoms with Gasteiger partial charge in [-0.15, -0.1) is 0 Å². The molecule has 4 saturated carbocycles. The number of sulfonamides is 1. The Morgan fingerprint density at radius 3 is 1.41 bits per heavy atom. The largest absolute Gasteiger partial charge is 0.353 e. The summed E-state index contributed by atoms with van der Waals surface area (Å²) in [7, 11) is -3.28. The Morgan fingerprint density at radius 2 is 0.829 bits per heavy atom. The lowest BCUT2D eigenvalue weighted by molar-refractivity contribution is -0.126. The average molecular weight is 593 g/mol. The lowest BCUT2D eigenvalue weighted by Gasteiger charge is -2.31. The van der Waals surface area contributed by atoms with Crippen molar-refractivity contribution in [1.82, 2.24) is 10.0 Å². The second kappa shape index (κ2) is 18.2. The van der Waals surface area contributed by atoms with E-state index in [2.05, 4.69) is 10.0 Å². The maximum Gasteiger partial charge on any atom is 0.223 e. The van der Waals surface area contributed by atoms with Crippen LogP contribution in [0.2, 0.25) is 0 Å². The maximum atomic E-state index is 13.5. The van der Waals surface area contributed by atoms with E-state index in [-0.39, 0.29) is 29.2 Å². The van der Waals surface area contributed by atoms with Crippen LogP contribution >= 0.6 is 0 Å². The Balaban J connectivity index is 1.21. The molecule has 0 aromatic carbocycles. The summed E-state index contributed by atoms with van der Waals surface area (Å²) in [6.07, 6.45) is 32.9. The van der Waals surface area contributed by atoms with E-state index in [0.717, 1.165) is 88.9 Å². The molecule has 5 nitrogen and oxygen atoms in total. The number of nitrogens with one attached hydrogen (secondary N) is 2. The summed E-state index contributed by atoms with van der Waals surface area (Å²) in [5.74, 6) is 2.26. The molecule has 1 amide bonds. The highest BCUT2D eigenvalue weighted by Crippen LogP contribution is 2.36. The number of hydrogen-bond acceptors (Lipinski definition) is 3. The third kappa shape index (κ3) is 11.8. The number of amides is 1. The first kappa shape index (κ1) is 33.3. The van der Waals surface area contributed by atoms with Gasteiger partial charge in [0.2, 0.25) is 15.9 Å². The number of carbonyl (C=O) groups is 1. The Labute approximate surface area is 253 Å². The molecule has 0 heterocycles. The monoisotopic (exact) mass is 592 g/mol. The minimum absolute atomic E-state index is 0.127. The molecule has 238 valence electrons. The zero-order chi connectivity index (χ0) is 28.8. The van der Waals surface area contributed by atoms with Crippen LogP contribution in [-0.4, -0.2) is 31.7 Å². The van der Waals surface area contributed by atoms with Gasteiger partial charge in [0.1, 0.15) is 0 Å². The fourth-order valence-corrected chi connectivity index (χ4v) is 10.6. The molecule has 0 aromatic heterocycles. The van der Waals surface area contributed by atoms with Crippen molar-refractivity contribution in [1.29, 1.82) is 0 Å². The Morgan fingerprint density at radius 1 is 0.439 bits per heavy atom.